The van der Waals surface area contributed by atoms with Gasteiger partial charge in [-0.3, -0.25) is 9.59 Å². The number of carbonyl (C=O) groups excluding carboxylic acids is 2. The number of amides is 2. The predicted octanol–water partition coefficient (Wildman–Crippen LogP) is 3.11. The summed E-state index contributed by atoms with van der Waals surface area (Å²) in [5, 5.41) is 17.8. The number of anilines is 1. The second-order valence-electron chi connectivity index (χ2n) is 5.63. The molecule has 9 heteroatoms. The summed E-state index contributed by atoms with van der Waals surface area (Å²) in [6.45, 7) is -0.515. The van der Waals surface area contributed by atoms with Gasteiger partial charge >= 0.3 is 5.97 Å². The Bertz CT molecular complexity index is 986. The number of carbonyl (C=O) groups is 3. The lowest BCUT2D eigenvalue weighted by Gasteiger charge is -2.12. The molecule has 2 N–H and O–H groups in total. The van der Waals surface area contributed by atoms with Crippen LogP contribution in [-0.2, 0) is 9.59 Å². The number of methoxy groups -OCH3 is 1. The first-order chi connectivity index (χ1) is 13.4. The highest BCUT2D eigenvalue weighted by Crippen LogP contribution is 2.37. The highest BCUT2D eigenvalue weighted by Gasteiger charge is 2.36. The van der Waals surface area contributed by atoms with Crippen LogP contribution in [0.2, 0.25) is 0 Å². The summed E-state index contributed by atoms with van der Waals surface area (Å²) in [4.78, 5) is 36.7. The van der Waals surface area contributed by atoms with Crippen molar-refractivity contribution < 1.29 is 34.1 Å². The van der Waals surface area contributed by atoms with Gasteiger partial charge in [0.15, 0.2) is 18.1 Å². The SMILES string of the molecule is COc1cc(/C=C2/SC(=O)N(c3cccc(O)c3)C2=O)ccc1OCC(=O)O. The molecule has 1 fully saturated rings. The lowest BCUT2D eigenvalue weighted by molar-refractivity contribution is -0.139. The molecule has 0 radical (unpaired) electrons. The Morgan fingerprint density at radius 2 is 1.96 bits per heavy atom. The summed E-state index contributed by atoms with van der Waals surface area (Å²) in [6.07, 6.45) is 1.52. The summed E-state index contributed by atoms with van der Waals surface area (Å²) in [5.41, 5.74) is 0.849. The van der Waals surface area contributed by atoms with Gasteiger partial charge in [0.05, 0.1) is 17.7 Å². The molecule has 2 aromatic carbocycles. The van der Waals surface area contributed by atoms with E-state index in [1.807, 2.05) is 0 Å². The molecule has 3 rings (SSSR count). The van der Waals surface area contributed by atoms with E-state index in [-0.39, 0.29) is 22.1 Å². The molecule has 0 aliphatic carbocycles. The van der Waals surface area contributed by atoms with Gasteiger partial charge in [0, 0.05) is 6.07 Å². The van der Waals surface area contributed by atoms with E-state index >= 15 is 0 Å². The standard InChI is InChI=1S/C19H15NO7S/c1-26-15-7-11(5-6-14(15)27-10-17(22)23)8-16-18(24)20(19(25)28-16)12-3-2-4-13(21)9-12/h2-9,21H,10H2,1H3,(H,22,23)/b16-8+. The number of aliphatic carboxylic acids is 1. The number of rotatable bonds is 6. The zero-order chi connectivity index (χ0) is 20.3. The molecule has 0 aromatic heterocycles. The first-order valence-corrected chi connectivity index (χ1v) is 8.80. The fourth-order valence-corrected chi connectivity index (χ4v) is 3.35. The third-order valence-electron chi connectivity index (χ3n) is 3.72. The molecule has 0 bridgehead atoms. The second kappa shape index (κ2) is 8.05. The Balaban J connectivity index is 1.86. The van der Waals surface area contributed by atoms with Crippen LogP contribution in [0, 0.1) is 0 Å². The van der Waals surface area contributed by atoms with E-state index in [2.05, 4.69) is 0 Å². The Kier molecular flexibility index (Phi) is 5.55. The highest BCUT2D eigenvalue weighted by molar-refractivity contribution is 8.19. The van der Waals surface area contributed by atoms with Crippen molar-refractivity contribution in [1.29, 1.82) is 0 Å². The minimum Gasteiger partial charge on any atom is -0.508 e. The molecule has 144 valence electrons. The molecule has 2 amide bonds. The normalized spacial score (nSPS) is 15.2. The minimum atomic E-state index is -1.12. The first kappa shape index (κ1) is 19.3. The van der Waals surface area contributed by atoms with E-state index in [9.17, 15) is 19.5 Å². The molecule has 8 nitrogen and oxygen atoms in total. The Labute approximate surface area is 164 Å². The van der Waals surface area contributed by atoms with Crippen molar-refractivity contribution in [2.75, 3.05) is 18.6 Å². The van der Waals surface area contributed by atoms with Gasteiger partial charge in [0.1, 0.15) is 5.75 Å². The van der Waals surface area contributed by atoms with Crippen molar-refractivity contribution >= 4 is 40.6 Å². The maximum Gasteiger partial charge on any atom is 0.341 e. The van der Waals surface area contributed by atoms with Crippen LogP contribution in [0.25, 0.3) is 6.08 Å². The fraction of sp³-hybridized carbons (Fsp3) is 0.105. The van der Waals surface area contributed by atoms with Crippen molar-refractivity contribution in [1.82, 2.24) is 0 Å². The number of benzene rings is 2. The number of nitrogens with zero attached hydrogens (tertiary/aromatic N) is 1. The third-order valence-corrected chi connectivity index (χ3v) is 4.59. The quantitative estimate of drug-likeness (QED) is 0.710. The van der Waals surface area contributed by atoms with Gasteiger partial charge in [0.25, 0.3) is 11.1 Å². The average Bonchev–Trinajstić information content (AvgIpc) is 2.93. The monoisotopic (exact) mass is 401 g/mol. The van der Waals surface area contributed by atoms with E-state index in [0.717, 1.165) is 16.7 Å². The van der Waals surface area contributed by atoms with Crippen LogP contribution in [0.5, 0.6) is 17.2 Å². The summed E-state index contributed by atoms with van der Waals surface area (Å²) in [6, 6.07) is 10.6. The average molecular weight is 401 g/mol. The summed E-state index contributed by atoms with van der Waals surface area (Å²) < 4.78 is 10.3. The van der Waals surface area contributed by atoms with E-state index in [1.54, 1.807) is 18.2 Å². The molecule has 0 saturated carbocycles. The lowest BCUT2D eigenvalue weighted by atomic mass is 10.1. The molecule has 1 aliphatic rings. The van der Waals surface area contributed by atoms with Crippen molar-refractivity contribution in [3.05, 3.63) is 52.9 Å². The fourth-order valence-electron chi connectivity index (χ4n) is 2.51. The number of phenols is 1. The molecule has 1 heterocycles. The smallest absolute Gasteiger partial charge is 0.341 e. The largest absolute Gasteiger partial charge is 0.508 e. The summed E-state index contributed by atoms with van der Waals surface area (Å²) in [5.74, 6) is -1.14. The van der Waals surface area contributed by atoms with Crippen molar-refractivity contribution in [3.63, 3.8) is 0 Å². The molecule has 28 heavy (non-hydrogen) atoms. The zero-order valence-electron chi connectivity index (χ0n) is 14.6. The van der Waals surface area contributed by atoms with E-state index in [4.69, 9.17) is 14.6 Å². The first-order valence-electron chi connectivity index (χ1n) is 7.98. The molecule has 1 aliphatic heterocycles. The third kappa shape index (κ3) is 4.09. The number of carboxylic acid groups (broad SMARTS) is 1. The minimum absolute atomic E-state index is 0.0535. The number of imide groups is 1. The van der Waals surface area contributed by atoms with Gasteiger partial charge in [-0.2, -0.15) is 0 Å². The van der Waals surface area contributed by atoms with Crippen molar-refractivity contribution in [2.24, 2.45) is 0 Å². The summed E-state index contributed by atoms with van der Waals surface area (Å²) >= 11 is 0.776. The van der Waals surface area contributed by atoms with Crippen LogP contribution < -0.4 is 14.4 Å². The predicted molar refractivity (Wildman–Crippen MR) is 103 cm³/mol. The Morgan fingerprint density at radius 3 is 2.64 bits per heavy atom. The maximum atomic E-state index is 12.6. The number of phenolic OH excluding ortho intramolecular Hbond substituents is 1. The number of aromatic hydroxyl groups is 1. The maximum absolute atomic E-state index is 12.6. The molecule has 2 aromatic rings. The van der Waals surface area contributed by atoms with Crippen LogP contribution in [0.3, 0.4) is 0 Å². The van der Waals surface area contributed by atoms with Gasteiger partial charge in [-0.1, -0.05) is 12.1 Å². The molecule has 0 atom stereocenters. The second-order valence-corrected chi connectivity index (χ2v) is 6.62. The number of thioether (sulfide) groups is 1. The molecule has 0 spiro atoms. The van der Waals surface area contributed by atoms with Gasteiger partial charge in [-0.05, 0) is 47.7 Å². The van der Waals surface area contributed by atoms with Crippen molar-refractivity contribution in [2.45, 2.75) is 0 Å². The topological polar surface area (TPSA) is 113 Å². The number of carboxylic acids is 1. The van der Waals surface area contributed by atoms with Crippen LogP contribution in [0.4, 0.5) is 10.5 Å². The number of ether oxygens (including phenoxy) is 2. The molecule has 0 unspecified atom stereocenters. The Hall–Kier alpha value is -3.46. The van der Waals surface area contributed by atoms with Gasteiger partial charge in [-0.15, -0.1) is 0 Å². The van der Waals surface area contributed by atoms with Crippen molar-refractivity contribution in [3.8, 4) is 17.2 Å². The van der Waals surface area contributed by atoms with E-state index in [1.165, 1.54) is 37.5 Å². The molecule has 1 saturated heterocycles. The Morgan fingerprint density at radius 1 is 1.18 bits per heavy atom. The number of hydrogen-bond donors (Lipinski definition) is 2. The van der Waals surface area contributed by atoms with Gasteiger partial charge in [0.2, 0.25) is 0 Å². The van der Waals surface area contributed by atoms with Crippen LogP contribution in [-0.4, -0.2) is 41.0 Å². The highest BCUT2D eigenvalue weighted by atomic mass is 32.2. The van der Waals surface area contributed by atoms with E-state index < -0.39 is 23.7 Å². The van der Waals surface area contributed by atoms with Crippen LogP contribution >= 0.6 is 11.8 Å². The number of hydrogen-bond acceptors (Lipinski definition) is 7. The molecular formula is C19H15NO7S. The molecular weight excluding hydrogens is 386 g/mol. The van der Waals surface area contributed by atoms with Gasteiger partial charge in [-0.25, -0.2) is 9.69 Å². The zero-order valence-corrected chi connectivity index (χ0v) is 15.4. The van der Waals surface area contributed by atoms with E-state index in [0.29, 0.717) is 11.3 Å². The summed E-state index contributed by atoms with van der Waals surface area (Å²) in [7, 11) is 1.41. The van der Waals surface area contributed by atoms with Gasteiger partial charge < -0.3 is 19.7 Å². The van der Waals surface area contributed by atoms with Crippen LogP contribution in [0.15, 0.2) is 47.4 Å². The lowest BCUT2D eigenvalue weighted by Crippen LogP contribution is -2.27. The van der Waals surface area contributed by atoms with Crippen LogP contribution in [0.1, 0.15) is 5.56 Å².